The van der Waals surface area contributed by atoms with E-state index in [4.69, 9.17) is 9.41 Å². The van der Waals surface area contributed by atoms with Crippen molar-refractivity contribution >= 4 is 18.5 Å². The first-order chi connectivity index (χ1) is 16.7. The fourth-order valence-corrected chi connectivity index (χ4v) is 6.92. The Morgan fingerprint density at radius 3 is 2.03 bits per heavy atom. The maximum absolute atomic E-state index is 13.3. The average Bonchev–Trinajstić information content (AvgIpc) is 2.69. The van der Waals surface area contributed by atoms with Gasteiger partial charge in [-0.25, -0.2) is 0 Å². The number of hydrogen-bond donors (Lipinski definition) is 1. The minimum absolute atomic E-state index is 0.0269. The molecular formula is C28H42F5NO2SSi. The van der Waals surface area contributed by atoms with Gasteiger partial charge in [-0.15, -0.1) is 0 Å². The first-order valence-corrected chi connectivity index (χ1v) is 17.8. The summed E-state index contributed by atoms with van der Waals surface area (Å²) in [5, 5.41) is 11.4. The Morgan fingerprint density at radius 2 is 1.58 bits per heavy atom. The van der Waals surface area contributed by atoms with Crippen LogP contribution >= 0.6 is 10.2 Å². The smallest absolute Gasteiger partial charge is 0.310 e. The van der Waals surface area contributed by atoms with Crippen LogP contribution in [0.3, 0.4) is 0 Å². The zero-order valence-corrected chi connectivity index (χ0v) is 25.9. The molecule has 10 heteroatoms. The van der Waals surface area contributed by atoms with Crippen LogP contribution in [-0.4, -0.2) is 18.4 Å². The van der Waals surface area contributed by atoms with Crippen molar-refractivity contribution in [2.75, 3.05) is 0 Å². The Labute approximate surface area is 225 Å². The molecule has 1 heterocycles. The number of halogens is 5. The second kappa shape index (κ2) is 8.75. The maximum atomic E-state index is 13.3. The molecule has 0 radical (unpaired) electrons. The molecule has 1 aliphatic rings. The molecule has 38 heavy (non-hydrogen) atoms. The summed E-state index contributed by atoms with van der Waals surface area (Å²) in [7, 11) is -12.0. The molecule has 0 fully saturated rings. The molecule has 1 aromatic carbocycles. The van der Waals surface area contributed by atoms with E-state index in [2.05, 4.69) is 47.7 Å². The molecular weight excluding hydrogens is 537 g/mol. The lowest BCUT2D eigenvalue weighted by molar-refractivity contribution is 0.105. The second-order valence-electron chi connectivity index (χ2n) is 13.4. The van der Waals surface area contributed by atoms with Crippen LogP contribution in [0.15, 0.2) is 29.2 Å². The molecule has 1 N–H and O–H groups in total. The third-order valence-electron chi connectivity index (χ3n) is 8.06. The summed E-state index contributed by atoms with van der Waals surface area (Å²) in [6.45, 7) is 21.1. The topological polar surface area (TPSA) is 42.4 Å². The number of hydrogen-bond acceptors (Lipinski definition) is 3. The lowest BCUT2D eigenvalue weighted by atomic mass is 9.72. The summed E-state index contributed by atoms with van der Waals surface area (Å²) in [5.74, 6) is -0.0857. The Hall–Kier alpha value is -1.49. The number of aliphatic hydroxyl groups excluding tert-OH is 1. The summed E-state index contributed by atoms with van der Waals surface area (Å²) in [6.07, 6.45) is -0.0783. The van der Waals surface area contributed by atoms with E-state index < -0.39 is 29.5 Å². The van der Waals surface area contributed by atoms with Crippen molar-refractivity contribution in [3.63, 3.8) is 0 Å². The molecule has 1 aliphatic carbocycles. The van der Waals surface area contributed by atoms with E-state index in [0.29, 0.717) is 23.4 Å². The zero-order chi connectivity index (χ0) is 29.3. The lowest BCUT2D eigenvalue weighted by Gasteiger charge is -2.45. The van der Waals surface area contributed by atoms with Crippen LogP contribution in [-0.2, 0) is 10.8 Å². The first kappa shape index (κ1) is 31.0. The van der Waals surface area contributed by atoms with E-state index in [-0.39, 0.29) is 28.0 Å². The molecule has 0 saturated heterocycles. The predicted octanol–water partition coefficient (Wildman–Crippen LogP) is 10.3. The second-order valence-corrected chi connectivity index (χ2v) is 20.6. The largest absolute Gasteiger partial charge is 0.410 e. The third-order valence-corrected chi connectivity index (χ3v) is 13.7. The summed E-state index contributed by atoms with van der Waals surface area (Å²) >= 11 is 0. The van der Waals surface area contributed by atoms with E-state index in [1.54, 1.807) is 0 Å². The highest BCUT2D eigenvalue weighted by Crippen LogP contribution is 3.02. The van der Waals surface area contributed by atoms with Crippen LogP contribution in [0.4, 0.5) is 19.4 Å². The van der Waals surface area contributed by atoms with Gasteiger partial charge in [0.2, 0.25) is 0 Å². The van der Waals surface area contributed by atoms with Gasteiger partial charge in [-0.2, -0.15) is 0 Å². The predicted molar refractivity (Wildman–Crippen MR) is 148 cm³/mol. The molecule has 0 bridgehead atoms. The Morgan fingerprint density at radius 1 is 1.05 bits per heavy atom. The van der Waals surface area contributed by atoms with Crippen LogP contribution in [0.5, 0.6) is 0 Å². The summed E-state index contributed by atoms with van der Waals surface area (Å²) < 4.78 is 73.3. The van der Waals surface area contributed by atoms with Crippen molar-refractivity contribution in [2.45, 2.75) is 109 Å². The summed E-state index contributed by atoms with van der Waals surface area (Å²) in [5.41, 5.74) is 3.82. The van der Waals surface area contributed by atoms with E-state index in [1.807, 2.05) is 20.8 Å². The molecule has 0 saturated carbocycles. The van der Waals surface area contributed by atoms with Gasteiger partial charge in [0.1, 0.15) is 11.0 Å². The van der Waals surface area contributed by atoms with Crippen LogP contribution in [0.25, 0.3) is 0 Å². The highest BCUT2D eigenvalue weighted by Gasteiger charge is 2.65. The molecule has 0 aliphatic heterocycles. The van der Waals surface area contributed by atoms with Crippen LogP contribution in [0.2, 0.25) is 18.1 Å². The van der Waals surface area contributed by atoms with Gasteiger partial charge in [-0.1, -0.05) is 80.0 Å². The van der Waals surface area contributed by atoms with E-state index in [9.17, 15) is 24.5 Å². The number of aliphatic hydroxyl groups is 1. The number of benzene rings is 1. The fraction of sp³-hybridized carbons (Fsp3) is 0.607. The van der Waals surface area contributed by atoms with Gasteiger partial charge < -0.3 is 9.53 Å². The fourth-order valence-electron chi connectivity index (χ4n) is 5.00. The van der Waals surface area contributed by atoms with E-state index in [1.165, 1.54) is 0 Å². The van der Waals surface area contributed by atoms with Gasteiger partial charge in [-0.05, 0) is 72.5 Å². The van der Waals surface area contributed by atoms with Gasteiger partial charge in [-0.3, -0.25) is 4.98 Å². The monoisotopic (exact) mass is 579 g/mol. The van der Waals surface area contributed by atoms with Crippen molar-refractivity contribution in [1.29, 1.82) is 0 Å². The Bertz CT molecular complexity index is 1220. The van der Waals surface area contributed by atoms with Gasteiger partial charge in [0.25, 0.3) is 0 Å². The molecule has 3 nitrogen and oxygen atoms in total. The Kier molecular flexibility index (Phi) is 7.15. The standard InChI is InChI=1S/C28H42F5NO2SSi/c1-17(2)25-24(26(35)19-11-13-20(14-12-19)37(29,30,31,32)33)18(3)23-21(34-25)15-28(7,8)16-22(23)36-38(9,10)27(4,5)6/h11-14,17,22,26,35H,15-16H2,1-10H3/t22?,26-/m0/s1. The molecule has 2 atom stereocenters. The normalized spacial score (nSPS) is 21.0. The number of aromatic nitrogens is 1. The van der Waals surface area contributed by atoms with Crippen molar-refractivity contribution in [1.82, 2.24) is 4.98 Å². The highest BCUT2D eigenvalue weighted by atomic mass is 32.5. The van der Waals surface area contributed by atoms with Crippen LogP contribution in [0, 0.1) is 12.3 Å². The quantitative estimate of drug-likeness (QED) is 0.273. The van der Waals surface area contributed by atoms with Crippen molar-refractivity contribution in [2.24, 2.45) is 5.41 Å². The van der Waals surface area contributed by atoms with Crippen molar-refractivity contribution < 1.29 is 29.0 Å². The molecule has 3 rings (SSSR count). The van der Waals surface area contributed by atoms with Crippen LogP contribution in [0.1, 0.15) is 107 Å². The molecule has 1 aromatic heterocycles. The van der Waals surface area contributed by atoms with Crippen molar-refractivity contribution in [3.05, 3.63) is 57.9 Å². The minimum atomic E-state index is -9.81. The number of pyridine rings is 1. The number of rotatable bonds is 6. The maximum Gasteiger partial charge on any atom is 0.310 e. The summed E-state index contributed by atoms with van der Waals surface area (Å²) in [6, 6.07) is 2.55. The minimum Gasteiger partial charge on any atom is -0.410 e. The van der Waals surface area contributed by atoms with Crippen LogP contribution < -0.4 is 0 Å². The summed E-state index contributed by atoms with van der Waals surface area (Å²) in [4.78, 5) is 3.04. The van der Waals surface area contributed by atoms with Crippen molar-refractivity contribution in [3.8, 4) is 0 Å². The average molecular weight is 580 g/mol. The number of nitrogens with zero attached hydrogens (tertiary/aromatic N) is 1. The Balaban J connectivity index is 2.20. The first-order valence-electron chi connectivity index (χ1n) is 13.0. The third kappa shape index (κ3) is 6.29. The van der Waals surface area contributed by atoms with Gasteiger partial charge in [0.05, 0.1) is 6.10 Å². The zero-order valence-electron chi connectivity index (χ0n) is 24.1. The lowest BCUT2D eigenvalue weighted by Crippen LogP contribution is -2.44. The molecule has 1 unspecified atom stereocenters. The van der Waals surface area contributed by atoms with Gasteiger partial charge in [0, 0.05) is 22.5 Å². The SMILES string of the molecule is Cc1c2c(nc(C(C)C)c1[C@@H](O)c1ccc(S(F)(F)(F)(F)F)cc1)CC(C)(C)CC2O[Si](C)(C)C(C)(C)C. The van der Waals surface area contributed by atoms with Gasteiger partial charge >= 0.3 is 10.2 Å². The van der Waals surface area contributed by atoms with Gasteiger partial charge in [0.15, 0.2) is 8.32 Å². The molecule has 216 valence electrons. The van der Waals surface area contributed by atoms with E-state index >= 15 is 0 Å². The number of fused-ring (bicyclic) bond motifs is 1. The highest BCUT2D eigenvalue weighted by molar-refractivity contribution is 8.45. The van der Waals surface area contributed by atoms with E-state index in [0.717, 1.165) is 41.8 Å². The molecule has 0 amide bonds. The molecule has 2 aromatic rings. The molecule has 0 spiro atoms.